The predicted molar refractivity (Wildman–Crippen MR) is 137 cm³/mol. The van der Waals surface area contributed by atoms with Gasteiger partial charge in [-0.3, -0.25) is 19.5 Å². The molecule has 1 atom stereocenters. The summed E-state index contributed by atoms with van der Waals surface area (Å²) in [4.78, 5) is 32.3. The zero-order valence-corrected chi connectivity index (χ0v) is 20.7. The number of benzene rings is 2. The van der Waals surface area contributed by atoms with Crippen LogP contribution in [0.4, 0.5) is 5.69 Å². The van der Waals surface area contributed by atoms with Crippen molar-refractivity contribution in [2.24, 2.45) is 0 Å². The van der Waals surface area contributed by atoms with E-state index >= 15 is 0 Å². The normalized spacial score (nSPS) is 17.6. The maximum absolute atomic E-state index is 13.3. The van der Waals surface area contributed by atoms with Gasteiger partial charge in [0.05, 0.1) is 18.2 Å². The molecule has 0 radical (unpaired) electrons. The highest BCUT2D eigenvalue weighted by Gasteiger charge is 2.47. The van der Waals surface area contributed by atoms with Crippen LogP contribution in [-0.4, -0.2) is 28.4 Å². The second kappa shape index (κ2) is 9.37. The Bertz CT molecular complexity index is 1290. The molecule has 1 aromatic heterocycles. The van der Waals surface area contributed by atoms with Gasteiger partial charge in [-0.05, 0) is 72.4 Å². The zero-order chi connectivity index (χ0) is 25.3. The number of rotatable bonds is 5. The van der Waals surface area contributed by atoms with Gasteiger partial charge < -0.3 is 9.84 Å². The van der Waals surface area contributed by atoms with E-state index in [2.05, 4.69) is 25.8 Å². The van der Waals surface area contributed by atoms with Crippen LogP contribution in [0.5, 0.6) is 5.75 Å². The molecule has 0 saturated carbocycles. The summed E-state index contributed by atoms with van der Waals surface area (Å²) in [5, 5.41) is 11.3. The van der Waals surface area contributed by atoms with E-state index in [4.69, 9.17) is 4.74 Å². The summed E-state index contributed by atoms with van der Waals surface area (Å²) in [7, 11) is 0. The topological polar surface area (TPSA) is 79.7 Å². The molecule has 3 aromatic rings. The van der Waals surface area contributed by atoms with Crippen LogP contribution in [0.25, 0.3) is 5.76 Å². The van der Waals surface area contributed by atoms with Crippen LogP contribution in [0.15, 0.2) is 72.6 Å². The lowest BCUT2D eigenvalue weighted by Gasteiger charge is -2.26. The smallest absolute Gasteiger partial charge is 0.300 e. The lowest BCUT2D eigenvalue weighted by molar-refractivity contribution is -0.132. The highest BCUT2D eigenvalue weighted by atomic mass is 16.5. The number of ketones is 1. The molecule has 6 heteroatoms. The van der Waals surface area contributed by atoms with E-state index < -0.39 is 17.7 Å². The van der Waals surface area contributed by atoms with Crippen molar-refractivity contribution in [2.75, 3.05) is 11.5 Å². The molecule has 35 heavy (non-hydrogen) atoms. The number of aliphatic hydroxyl groups is 1. The van der Waals surface area contributed by atoms with Crippen molar-refractivity contribution >= 4 is 23.1 Å². The minimum atomic E-state index is -0.809. The summed E-state index contributed by atoms with van der Waals surface area (Å²) in [6.45, 7) is 10.6. The fourth-order valence-electron chi connectivity index (χ4n) is 4.34. The van der Waals surface area contributed by atoms with Gasteiger partial charge in [0.15, 0.2) is 0 Å². The largest absolute Gasteiger partial charge is 0.507 e. The molecule has 1 aliphatic heterocycles. The third-order valence-electron chi connectivity index (χ3n) is 6.20. The molecule has 1 unspecified atom stereocenters. The van der Waals surface area contributed by atoms with Gasteiger partial charge in [0.2, 0.25) is 0 Å². The first kappa shape index (κ1) is 24.2. The molecule has 1 fully saturated rings. The molecule has 4 rings (SSSR count). The number of hydrogen-bond acceptors (Lipinski definition) is 5. The highest BCUT2D eigenvalue weighted by molar-refractivity contribution is 6.51. The first-order valence-corrected chi connectivity index (χ1v) is 11.7. The fraction of sp³-hybridized carbons (Fsp3) is 0.276. The summed E-state index contributed by atoms with van der Waals surface area (Å²) in [5.74, 6) is -0.946. The van der Waals surface area contributed by atoms with Crippen LogP contribution in [0, 0.1) is 6.92 Å². The van der Waals surface area contributed by atoms with Crippen molar-refractivity contribution in [2.45, 2.75) is 46.1 Å². The summed E-state index contributed by atoms with van der Waals surface area (Å²) < 4.78 is 5.60. The van der Waals surface area contributed by atoms with Gasteiger partial charge in [-0.1, -0.05) is 39.0 Å². The summed E-state index contributed by atoms with van der Waals surface area (Å²) in [5.41, 5.74) is 3.57. The number of nitrogens with zero attached hydrogens (tertiary/aromatic N) is 2. The average Bonchev–Trinajstić information content (AvgIpc) is 3.10. The van der Waals surface area contributed by atoms with Crippen molar-refractivity contribution in [1.29, 1.82) is 0 Å². The predicted octanol–water partition coefficient (Wildman–Crippen LogP) is 5.71. The van der Waals surface area contributed by atoms with Gasteiger partial charge in [0.1, 0.15) is 11.5 Å². The minimum Gasteiger partial charge on any atom is -0.507 e. The van der Waals surface area contributed by atoms with Crippen molar-refractivity contribution < 1.29 is 19.4 Å². The maximum atomic E-state index is 13.3. The van der Waals surface area contributed by atoms with Gasteiger partial charge in [0, 0.05) is 23.6 Å². The maximum Gasteiger partial charge on any atom is 0.300 e. The van der Waals surface area contributed by atoms with E-state index in [9.17, 15) is 14.7 Å². The molecule has 0 bridgehead atoms. The van der Waals surface area contributed by atoms with Crippen LogP contribution >= 0.6 is 0 Å². The van der Waals surface area contributed by atoms with E-state index in [1.807, 2.05) is 38.1 Å². The van der Waals surface area contributed by atoms with Crippen molar-refractivity contribution in [3.63, 3.8) is 0 Å². The molecule has 1 saturated heterocycles. The van der Waals surface area contributed by atoms with E-state index in [0.717, 1.165) is 11.1 Å². The Balaban J connectivity index is 1.87. The van der Waals surface area contributed by atoms with Crippen LogP contribution in [-0.2, 0) is 15.0 Å². The number of hydrogen-bond donors (Lipinski definition) is 1. The van der Waals surface area contributed by atoms with Gasteiger partial charge in [0.25, 0.3) is 11.7 Å². The average molecular weight is 471 g/mol. The zero-order valence-electron chi connectivity index (χ0n) is 20.7. The number of ether oxygens (including phenoxy) is 1. The Hall–Kier alpha value is -3.93. The SMILES string of the molecule is CCOc1ccc(/C(O)=C2/C(=O)C(=O)N(c3ccc(C(C)(C)C)cc3)C2c2cccnc2)cc1C. The Kier molecular flexibility index (Phi) is 6.48. The van der Waals surface area contributed by atoms with Crippen LogP contribution in [0.2, 0.25) is 0 Å². The number of aryl methyl sites for hydroxylation is 1. The lowest BCUT2D eigenvalue weighted by Crippen LogP contribution is -2.29. The second-order valence-corrected chi connectivity index (χ2v) is 9.67. The highest BCUT2D eigenvalue weighted by Crippen LogP contribution is 2.42. The van der Waals surface area contributed by atoms with Gasteiger partial charge in [-0.25, -0.2) is 0 Å². The van der Waals surface area contributed by atoms with E-state index in [0.29, 0.717) is 29.2 Å². The third-order valence-corrected chi connectivity index (χ3v) is 6.20. The molecule has 1 aliphatic rings. The number of anilines is 1. The van der Waals surface area contributed by atoms with Gasteiger partial charge >= 0.3 is 0 Å². The Labute approximate surface area is 205 Å². The molecule has 6 nitrogen and oxygen atoms in total. The first-order chi connectivity index (χ1) is 16.6. The fourth-order valence-corrected chi connectivity index (χ4v) is 4.34. The standard InChI is InChI=1S/C29H30N2O4/c1-6-35-23-14-9-19(16-18(23)2)26(32)24-25(20-8-7-15-30-17-20)31(28(34)27(24)33)22-12-10-21(11-13-22)29(3,4)5/h7-17,25,32H,6H2,1-5H3/b26-24-. The monoisotopic (exact) mass is 470 g/mol. The molecule has 2 aromatic carbocycles. The molecular weight excluding hydrogens is 440 g/mol. The molecular formula is C29H30N2O4. The van der Waals surface area contributed by atoms with Gasteiger partial charge in [-0.2, -0.15) is 0 Å². The quantitative estimate of drug-likeness (QED) is 0.293. The number of carbonyl (C=O) groups excluding carboxylic acids is 2. The Morgan fingerprint density at radius 1 is 1.09 bits per heavy atom. The van der Waals surface area contributed by atoms with Crippen molar-refractivity contribution in [3.8, 4) is 5.75 Å². The third kappa shape index (κ3) is 4.56. The summed E-state index contributed by atoms with van der Waals surface area (Å²) in [6, 6.07) is 15.6. The molecule has 2 heterocycles. The molecule has 0 aliphatic carbocycles. The van der Waals surface area contributed by atoms with E-state index in [-0.39, 0.29) is 16.7 Å². The van der Waals surface area contributed by atoms with Gasteiger partial charge in [-0.15, -0.1) is 0 Å². The number of Topliss-reactive ketones (excluding diaryl/α,β-unsaturated/α-hetero) is 1. The number of aromatic nitrogens is 1. The first-order valence-electron chi connectivity index (χ1n) is 11.7. The molecule has 1 amide bonds. The molecule has 1 N–H and O–H groups in total. The van der Waals surface area contributed by atoms with Crippen molar-refractivity contribution in [3.05, 3.63) is 94.8 Å². The van der Waals surface area contributed by atoms with Crippen LogP contribution < -0.4 is 9.64 Å². The van der Waals surface area contributed by atoms with Crippen molar-refractivity contribution in [1.82, 2.24) is 4.98 Å². The number of aliphatic hydroxyl groups excluding tert-OH is 1. The summed E-state index contributed by atoms with van der Waals surface area (Å²) in [6.07, 6.45) is 3.24. The Morgan fingerprint density at radius 2 is 1.80 bits per heavy atom. The van der Waals surface area contributed by atoms with E-state index in [1.165, 1.54) is 4.90 Å². The number of carbonyl (C=O) groups is 2. The Morgan fingerprint density at radius 3 is 2.37 bits per heavy atom. The minimum absolute atomic E-state index is 0.0338. The molecule has 180 valence electrons. The summed E-state index contributed by atoms with van der Waals surface area (Å²) >= 11 is 0. The number of amides is 1. The molecule has 0 spiro atoms. The van der Waals surface area contributed by atoms with Crippen LogP contribution in [0.3, 0.4) is 0 Å². The van der Waals surface area contributed by atoms with E-state index in [1.54, 1.807) is 42.7 Å². The number of pyridine rings is 1. The lowest BCUT2D eigenvalue weighted by atomic mass is 9.87. The second-order valence-electron chi connectivity index (χ2n) is 9.67. The van der Waals surface area contributed by atoms with Crippen LogP contribution in [0.1, 0.15) is 56.0 Å².